The number of benzene rings is 1. The quantitative estimate of drug-likeness (QED) is 0.742. The van der Waals surface area contributed by atoms with Gasteiger partial charge in [-0.15, -0.1) is 11.3 Å². The van der Waals surface area contributed by atoms with Crippen molar-refractivity contribution in [3.05, 3.63) is 51.2 Å². The summed E-state index contributed by atoms with van der Waals surface area (Å²) in [6, 6.07) is 7.95. The number of hydrogen-bond acceptors (Lipinski definition) is 5. The summed E-state index contributed by atoms with van der Waals surface area (Å²) >= 11 is 1.37. The van der Waals surface area contributed by atoms with E-state index in [1.54, 1.807) is 12.1 Å². The van der Waals surface area contributed by atoms with E-state index in [2.05, 4.69) is 12.2 Å². The van der Waals surface area contributed by atoms with Gasteiger partial charge in [-0.05, 0) is 49.2 Å². The third-order valence-electron chi connectivity index (χ3n) is 3.53. The Kier molecular flexibility index (Phi) is 6.30. The Hall–Kier alpha value is -2.67. The molecule has 0 unspecified atom stereocenters. The number of esters is 1. The van der Waals surface area contributed by atoms with Gasteiger partial charge in [0.2, 0.25) is 5.91 Å². The lowest BCUT2D eigenvalue weighted by Gasteiger charge is -2.06. The van der Waals surface area contributed by atoms with E-state index in [-0.39, 0.29) is 6.61 Å². The van der Waals surface area contributed by atoms with Crippen LogP contribution in [0, 0.1) is 6.92 Å². The van der Waals surface area contributed by atoms with Crippen LogP contribution in [0.3, 0.4) is 0 Å². The average Bonchev–Trinajstić information content (AvgIpc) is 2.94. The molecule has 3 N–H and O–H groups in total. The Morgan fingerprint density at radius 3 is 2.48 bits per heavy atom. The summed E-state index contributed by atoms with van der Waals surface area (Å²) in [6.07, 6.45) is 1.92. The Morgan fingerprint density at radius 2 is 1.88 bits per heavy atom. The molecule has 2 rings (SSSR count). The van der Waals surface area contributed by atoms with Gasteiger partial charge in [0.05, 0.1) is 0 Å². The van der Waals surface area contributed by atoms with Gasteiger partial charge >= 0.3 is 5.97 Å². The second-order valence-electron chi connectivity index (χ2n) is 5.51. The molecule has 132 valence electrons. The molecule has 0 aliphatic heterocycles. The molecular formula is C18H20N2O4S. The number of hydrogen-bond donors (Lipinski definition) is 2. The number of aryl methyl sites for hydroxylation is 2. The maximum atomic E-state index is 12.0. The van der Waals surface area contributed by atoms with Gasteiger partial charge in [-0.1, -0.05) is 13.3 Å². The average molecular weight is 360 g/mol. The Balaban J connectivity index is 1.87. The van der Waals surface area contributed by atoms with Crippen LogP contribution in [0.1, 0.15) is 43.8 Å². The summed E-state index contributed by atoms with van der Waals surface area (Å²) in [5, 5.41) is 2.59. The Bertz CT molecular complexity index is 781. The van der Waals surface area contributed by atoms with E-state index in [0.29, 0.717) is 16.1 Å². The van der Waals surface area contributed by atoms with Gasteiger partial charge in [0, 0.05) is 16.1 Å². The Labute approximate surface area is 150 Å². The predicted octanol–water partition coefficient (Wildman–Crippen LogP) is 2.90. The zero-order valence-corrected chi connectivity index (χ0v) is 14.9. The largest absolute Gasteiger partial charge is 0.451 e. The third-order valence-corrected chi connectivity index (χ3v) is 4.60. The van der Waals surface area contributed by atoms with Gasteiger partial charge in [0.1, 0.15) is 4.88 Å². The summed E-state index contributed by atoms with van der Waals surface area (Å²) in [4.78, 5) is 36.5. The molecule has 6 nitrogen and oxygen atoms in total. The van der Waals surface area contributed by atoms with Crippen LogP contribution in [-0.2, 0) is 16.0 Å². The number of amides is 2. The molecule has 0 bridgehead atoms. The minimum absolute atomic E-state index is 0.348. The minimum atomic E-state index is -0.541. The first kappa shape index (κ1) is 18.7. The van der Waals surface area contributed by atoms with Crippen LogP contribution in [0.2, 0.25) is 0 Å². The van der Waals surface area contributed by atoms with E-state index < -0.39 is 17.8 Å². The molecule has 1 aromatic carbocycles. The van der Waals surface area contributed by atoms with Gasteiger partial charge in [0.15, 0.2) is 6.61 Å². The molecule has 0 fully saturated rings. The highest BCUT2D eigenvalue weighted by atomic mass is 32.1. The van der Waals surface area contributed by atoms with E-state index >= 15 is 0 Å². The molecule has 1 heterocycles. The molecule has 0 spiro atoms. The summed E-state index contributed by atoms with van der Waals surface area (Å²) < 4.78 is 5.06. The summed E-state index contributed by atoms with van der Waals surface area (Å²) in [6.45, 7) is 3.67. The third kappa shape index (κ3) is 5.15. The van der Waals surface area contributed by atoms with E-state index in [0.717, 1.165) is 23.3 Å². The monoisotopic (exact) mass is 360 g/mol. The van der Waals surface area contributed by atoms with E-state index in [4.69, 9.17) is 10.5 Å². The van der Waals surface area contributed by atoms with Crippen molar-refractivity contribution in [1.82, 2.24) is 0 Å². The number of nitrogens with one attached hydrogen (secondary N) is 1. The van der Waals surface area contributed by atoms with Gasteiger partial charge in [-0.3, -0.25) is 9.59 Å². The van der Waals surface area contributed by atoms with Crippen LogP contribution in [0.5, 0.6) is 0 Å². The SMILES string of the molecule is CCCc1cc(C(=O)OCC(=O)Nc2ccc(C(N)=O)cc2)sc1C. The van der Waals surface area contributed by atoms with Crippen LogP contribution < -0.4 is 11.1 Å². The number of primary amides is 1. The van der Waals surface area contributed by atoms with E-state index in [1.165, 1.54) is 23.5 Å². The lowest BCUT2D eigenvalue weighted by atomic mass is 10.1. The first-order chi connectivity index (χ1) is 11.9. The van der Waals surface area contributed by atoms with Crippen molar-refractivity contribution in [3.8, 4) is 0 Å². The van der Waals surface area contributed by atoms with Crippen molar-refractivity contribution in [2.24, 2.45) is 5.73 Å². The maximum absolute atomic E-state index is 12.0. The predicted molar refractivity (Wildman–Crippen MR) is 96.9 cm³/mol. The van der Waals surface area contributed by atoms with Crippen molar-refractivity contribution in [2.75, 3.05) is 11.9 Å². The highest BCUT2D eigenvalue weighted by Gasteiger charge is 2.15. The second-order valence-corrected chi connectivity index (χ2v) is 6.76. The van der Waals surface area contributed by atoms with E-state index in [9.17, 15) is 14.4 Å². The molecule has 1 aromatic heterocycles. The van der Waals surface area contributed by atoms with Crippen LogP contribution >= 0.6 is 11.3 Å². The number of carbonyl (C=O) groups is 3. The van der Waals surface area contributed by atoms with Gasteiger partial charge in [-0.25, -0.2) is 4.79 Å². The fourth-order valence-electron chi connectivity index (χ4n) is 2.26. The molecule has 0 saturated heterocycles. The first-order valence-electron chi connectivity index (χ1n) is 7.87. The zero-order valence-electron chi connectivity index (χ0n) is 14.1. The number of anilines is 1. The van der Waals surface area contributed by atoms with Crippen molar-refractivity contribution < 1.29 is 19.1 Å². The summed E-state index contributed by atoms with van der Waals surface area (Å²) in [5.41, 5.74) is 7.12. The highest BCUT2D eigenvalue weighted by molar-refractivity contribution is 7.14. The van der Waals surface area contributed by atoms with Crippen molar-refractivity contribution in [3.63, 3.8) is 0 Å². The van der Waals surface area contributed by atoms with Crippen molar-refractivity contribution in [1.29, 1.82) is 0 Å². The molecule has 0 aliphatic rings. The number of nitrogens with two attached hydrogens (primary N) is 1. The molecule has 2 aromatic rings. The summed E-state index contributed by atoms with van der Waals surface area (Å²) in [5.74, 6) is -1.50. The molecule has 2 amide bonds. The maximum Gasteiger partial charge on any atom is 0.348 e. The number of ether oxygens (including phenoxy) is 1. The molecule has 0 saturated carbocycles. The topological polar surface area (TPSA) is 98.5 Å². The van der Waals surface area contributed by atoms with Gasteiger partial charge in [-0.2, -0.15) is 0 Å². The zero-order chi connectivity index (χ0) is 18.4. The molecule has 7 heteroatoms. The molecule has 25 heavy (non-hydrogen) atoms. The van der Waals surface area contributed by atoms with E-state index in [1.807, 2.05) is 13.0 Å². The smallest absolute Gasteiger partial charge is 0.348 e. The lowest BCUT2D eigenvalue weighted by Crippen LogP contribution is -2.20. The van der Waals surface area contributed by atoms with Crippen LogP contribution in [0.15, 0.2) is 30.3 Å². The number of rotatable bonds is 7. The molecule has 0 radical (unpaired) electrons. The van der Waals surface area contributed by atoms with Crippen molar-refractivity contribution >= 4 is 34.8 Å². The fraction of sp³-hybridized carbons (Fsp3) is 0.278. The minimum Gasteiger partial charge on any atom is -0.451 e. The Morgan fingerprint density at radius 1 is 1.20 bits per heavy atom. The normalized spacial score (nSPS) is 10.3. The molecule has 0 aliphatic carbocycles. The second kappa shape index (κ2) is 8.43. The highest BCUT2D eigenvalue weighted by Crippen LogP contribution is 2.23. The fourth-order valence-corrected chi connectivity index (χ4v) is 3.22. The van der Waals surface area contributed by atoms with Crippen LogP contribution in [0.4, 0.5) is 5.69 Å². The van der Waals surface area contributed by atoms with Gasteiger partial charge in [0.25, 0.3) is 5.91 Å². The lowest BCUT2D eigenvalue weighted by molar-refractivity contribution is -0.119. The summed E-state index contributed by atoms with van der Waals surface area (Å²) in [7, 11) is 0. The number of carbonyl (C=O) groups excluding carboxylic acids is 3. The van der Waals surface area contributed by atoms with Gasteiger partial charge < -0.3 is 15.8 Å². The standard InChI is InChI=1S/C18H20N2O4S/c1-3-4-13-9-15(25-11(13)2)18(23)24-10-16(21)20-14-7-5-12(6-8-14)17(19)22/h5-9H,3-4,10H2,1-2H3,(H2,19,22)(H,20,21). The molecule has 0 atom stereocenters. The van der Waals surface area contributed by atoms with Crippen molar-refractivity contribution in [2.45, 2.75) is 26.7 Å². The number of thiophene rings is 1. The molecular weight excluding hydrogens is 340 g/mol. The van der Waals surface area contributed by atoms with Crippen LogP contribution in [0.25, 0.3) is 0 Å². The first-order valence-corrected chi connectivity index (χ1v) is 8.68. The van der Waals surface area contributed by atoms with Crippen LogP contribution in [-0.4, -0.2) is 24.4 Å².